The van der Waals surface area contributed by atoms with Crippen LogP contribution in [0.15, 0.2) is 42.9 Å². The highest BCUT2D eigenvalue weighted by Crippen LogP contribution is 2.22. The van der Waals surface area contributed by atoms with Gasteiger partial charge in [0.2, 0.25) is 18.1 Å². The molecule has 0 bridgehead atoms. The minimum absolute atomic E-state index is 0.00756. The van der Waals surface area contributed by atoms with E-state index in [-0.39, 0.29) is 6.04 Å². The number of nitrogens with one attached hydrogen (secondary N) is 1. The van der Waals surface area contributed by atoms with Crippen LogP contribution in [0.4, 0.5) is 5.82 Å². The highest BCUT2D eigenvalue weighted by Gasteiger charge is 2.12. The Morgan fingerprint density at radius 1 is 1.10 bits per heavy atom. The molecule has 11 heteroatoms. The Morgan fingerprint density at radius 2 is 1.77 bits per heavy atom. The quantitative estimate of drug-likeness (QED) is 0.294. The summed E-state index contributed by atoms with van der Waals surface area (Å²) < 4.78 is 7.69. The zero-order chi connectivity index (χ0) is 22.6. The molecular formula is C20H22ClN5O5. The smallest absolute Gasteiger partial charge is 0.216 e. The normalized spacial score (nSPS) is 10.6. The van der Waals surface area contributed by atoms with E-state index in [1.165, 1.54) is 24.1 Å². The van der Waals surface area contributed by atoms with E-state index in [1.807, 2.05) is 44.2 Å². The molecule has 0 radical (unpaired) electrons. The molecule has 0 aliphatic heterocycles. The number of hydrogen-bond donors (Lipinski definition) is 3. The molecule has 2 aromatic heterocycles. The Hall–Kier alpha value is -3.52. The fourth-order valence-corrected chi connectivity index (χ4v) is 2.51. The summed E-state index contributed by atoms with van der Waals surface area (Å²) in [5.41, 5.74) is 2.90. The number of rotatable bonds is 6. The van der Waals surface area contributed by atoms with Crippen molar-refractivity contribution in [1.82, 2.24) is 19.7 Å². The number of halogens is 1. The van der Waals surface area contributed by atoms with Crippen molar-refractivity contribution in [3.8, 4) is 23.8 Å². The molecule has 3 N–H and O–H groups in total. The average molecular weight is 448 g/mol. The second-order valence-electron chi connectivity index (χ2n) is 6.28. The van der Waals surface area contributed by atoms with Crippen LogP contribution in [-0.2, 0) is 9.78 Å². The molecule has 0 aliphatic carbocycles. The van der Waals surface area contributed by atoms with Crippen LogP contribution in [-0.4, -0.2) is 42.9 Å². The van der Waals surface area contributed by atoms with Gasteiger partial charge in [-0.25, -0.2) is 14.6 Å². The molecule has 1 unspecified atom stereocenters. The molecule has 31 heavy (non-hydrogen) atoms. The molecule has 0 spiro atoms. The summed E-state index contributed by atoms with van der Waals surface area (Å²) in [5, 5.41) is 22.8. The van der Waals surface area contributed by atoms with Gasteiger partial charge >= 0.3 is 0 Å². The number of nitrogens with zero attached hydrogens (tertiary/aromatic N) is 4. The van der Waals surface area contributed by atoms with Gasteiger partial charge < -0.3 is 10.1 Å². The predicted molar refractivity (Wildman–Crippen MR) is 114 cm³/mol. The summed E-state index contributed by atoms with van der Waals surface area (Å²) in [6.07, 6.45) is 6.27. The van der Waals surface area contributed by atoms with Crippen LogP contribution in [0.25, 0.3) is 5.69 Å². The topological polar surface area (TPSA) is 124 Å². The van der Waals surface area contributed by atoms with Gasteiger partial charge in [0.1, 0.15) is 23.8 Å². The van der Waals surface area contributed by atoms with Crippen molar-refractivity contribution in [1.29, 1.82) is 0 Å². The Bertz CT molecular complexity index is 1010. The van der Waals surface area contributed by atoms with Crippen molar-refractivity contribution >= 4 is 17.4 Å². The van der Waals surface area contributed by atoms with Crippen molar-refractivity contribution in [3.63, 3.8) is 0 Å². The molecule has 0 aliphatic rings. The second kappa shape index (κ2) is 12.2. The average Bonchev–Trinajstić information content (AvgIpc) is 3.24. The fourth-order valence-electron chi connectivity index (χ4n) is 2.36. The van der Waals surface area contributed by atoms with E-state index < -0.39 is 0 Å². The Balaban J connectivity index is 0.000000501. The van der Waals surface area contributed by atoms with Crippen LogP contribution in [0.3, 0.4) is 0 Å². The summed E-state index contributed by atoms with van der Waals surface area (Å²) in [7, 11) is 0. The molecule has 164 valence electrons. The Morgan fingerprint density at radius 3 is 2.42 bits per heavy atom. The van der Waals surface area contributed by atoms with Crippen LogP contribution in [0.5, 0.6) is 5.88 Å². The second-order valence-corrected chi connectivity index (χ2v) is 6.66. The Kier molecular flexibility index (Phi) is 9.38. The number of aryl methyl sites for hydroxylation is 2. The molecule has 0 saturated heterocycles. The van der Waals surface area contributed by atoms with E-state index in [4.69, 9.17) is 26.9 Å². The van der Waals surface area contributed by atoms with Gasteiger partial charge in [-0.2, -0.15) is 15.6 Å². The first-order valence-electron chi connectivity index (χ1n) is 9.04. The van der Waals surface area contributed by atoms with E-state index in [2.05, 4.69) is 37.1 Å². The molecule has 3 aromatic rings. The van der Waals surface area contributed by atoms with Gasteiger partial charge in [-0.1, -0.05) is 29.3 Å². The predicted octanol–water partition coefficient (Wildman–Crippen LogP) is 3.70. The number of aromatic nitrogens is 4. The number of benzene rings is 1. The van der Waals surface area contributed by atoms with Crippen molar-refractivity contribution in [3.05, 3.63) is 59.1 Å². The first-order chi connectivity index (χ1) is 15.0. The first-order valence-corrected chi connectivity index (χ1v) is 9.42. The molecule has 0 saturated carbocycles. The van der Waals surface area contributed by atoms with Crippen LogP contribution < -0.4 is 10.1 Å². The van der Waals surface area contributed by atoms with Gasteiger partial charge in [-0.15, -0.1) is 0 Å². The Labute approximate surface area is 184 Å². The largest absolute Gasteiger partial charge is 0.475 e. The van der Waals surface area contributed by atoms with E-state index in [0.717, 1.165) is 11.4 Å². The highest BCUT2D eigenvalue weighted by atomic mass is 35.5. The van der Waals surface area contributed by atoms with E-state index in [9.17, 15) is 0 Å². The monoisotopic (exact) mass is 447 g/mol. The molecule has 1 atom stereocenters. The minimum atomic E-state index is 0.00756. The SMILES string of the molecule is Cc1ccc(-n2nccc2OCC(C)Nc2ncnc(C)c2Cl)cc1.OOC#COO. The van der Waals surface area contributed by atoms with E-state index in [1.54, 1.807) is 10.9 Å². The van der Waals surface area contributed by atoms with E-state index in [0.29, 0.717) is 23.3 Å². The van der Waals surface area contributed by atoms with Crippen molar-refractivity contribution in [2.75, 3.05) is 11.9 Å². The third-order valence-electron chi connectivity index (χ3n) is 3.85. The lowest BCUT2D eigenvalue weighted by Crippen LogP contribution is -2.25. The summed E-state index contributed by atoms with van der Waals surface area (Å²) in [6, 6.07) is 9.97. The summed E-state index contributed by atoms with van der Waals surface area (Å²) in [5.74, 6) is 1.29. The molecule has 0 amide bonds. The van der Waals surface area contributed by atoms with Gasteiger partial charge in [0.05, 0.1) is 23.6 Å². The summed E-state index contributed by atoms with van der Waals surface area (Å²) in [4.78, 5) is 14.5. The first kappa shape index (κ1) is 23.8. The third-order valence-corrected chi connectivity index (χ3v) is 4.30. The van der Waals surface area contributed by atoms with Crippen molar-refractivity contribution in [2.24, 2.45) is 0 Å². The molecule has 0 fully saturated rings. The van der Waals surface area contributed by atoms with Gasteiger partial charge in [0.15, 0.2) is 0 Å². The minimum Gasteiger partial charge on any atom is -0.475 e. The maximum atomic E-state index is 7.33. The van der Waals surface area contributed by atoms with Crippen LogP contribution in [0.2, 0.25) is 5.02 Å². The standard InChI is InChI=1S/C18H20ClN5O.C2H2O4/c1-12-4-6-15(7-5-12)24-16(8-9-22-24)25-10-13(2)23-18-17(19)14(3)20-11-21-18;3-5-1-2-6-4/h4-9,11,13H,10H2,1-3H3,(H,20,21,23);3-4H. The van der Waals surface area contributed by atoms with Gasteiger partial charge in [0.25, 0.3) is 0 Å². The maximum Gasteiger partial charge on any atom is 0.216 e. The number of hydrogen-bond acceptors (Lipinski definition) is 9. The summed E-state index contributed by atoms with van der Waals surface area (Å²) >= 11 is 6.21. The number of anilines is 1. The van der Waals surface area contributed by atoms with Gasteiger partial charge in [0, 0.05) is 6.07 Å². The highest BCUT2D eigenvalue weighted by molar-refractivity contribution is 6.33. The zero-order valence-corrected chi connectivity index (χ0v) is 17.9. The maximum absolute atomic E-state index is 7.33. The van der Waals surface area contributed by atoms with Crippen molar-refractivity contribution < 1.29 is 25.0 Å². The third kappa shape index (κ3) is 7.35. The van der Waals surface area contributed by atoms with Crippen molar-refractivity contribution in [2.45, 2.75) is 26.8 Å². The summed E-state index contributed by atoms with van der Waals surface area (Å²) in [6.45, 7) is 6.34. The van der Waals surface area contributed by atoms with E-state index >= 15 is 0 Å². The molecule has 1 aromatic carbocycles. The molecule has 3 rings (SSSR count). The zero-order valence-electron chi connectivity index (χ0n) is 17.1. The molecule has 2 heterocycles. The lowest BCUT2D eigenvalue weighted by Gasteiger charge is -2.17. The number of ether oxygens (including phenoxy) is 1. The van der Waals surface area contributed by atoms with Crippen LogP contribution in [0, 0.1) is 26.1 Å². The van der Waals surface area contributed by atoms with Crippen LogP contribution in [0.1, 0.15) is 18.2 Å². The molecule has 10 nitrogen and oxygen atoms in total. The lowest BCUT2D eigenvalue weighted by molar-refractivity contribution is -0.188. The van der Waals surface area contributed by atoms with Crippen LogP contribution >= 0.6 is 11.6 Å². The van der Waals surface area contributed by atoms with Gasteiger partial charge in [-0.3, -0.25) is 9.78 Å². The lowest BCUT2D eigenvalue weighted by atomic mass is 10.2. The van der Waals surface area contributed by atoms with Gasteiger partial charge in [-0.05, 0) is 32.9 Å². The molecular weight excluding hydrogens is 426 g/mol. The fraction of sp³-hybridized carbons (Fsp3) is 0.250.